The van der Waals surface area contributed by atoms with Crippen molar-refractivity contribution in [3.05, 3.63) is 52.8 Å². The molecule has 15 heavy (non-hydrogen) atoms. The molecule has 3 heteroatoms. The van der Waals surface area contributed by atoms with E-state index in [4.69, 9.17) is 11.6 Å². The van der Waals surface area contributed by atoms with Crippen molar-refractivity contribution >= 4 is 17.9 Å². The first-order chi connectivity index (χ1) is 7.22. The molecule has 1 aromatic carbocycles. The molecule has 2 aromatic rings. The predicted molar refractivity (Wildman–Crippen MR) is 60.9 cm³/mol. The first kappa shape index (κ1) is 9.99. The van der Waals surface area contributed by atoms with Gasteiger partial charge >= 0.3 is 0 Å². The summed E-state index contributed by atoms with van der Waals surface area (Å²) in [6.45, 7) is 1.96. The molecule has 2 nitrogen and oxygen atoms in total. The van der Waals surface area contributed by atoms with Gasteiger partial charge in [0, 0.05) is 16.4 Å². The number of aromatic nitrogens is 1. The number of aryl methyl sites for hydroxylation is 1. The lowest BCUT2D eigenvalue weighted by Gasteiger charge is -2.08. The Balaban J connectivity index is 2.57. The fourth-order valence-electron chi connectivity index (χ4n) is 1.59. The first-order valence-corrected chi connectivity index (χ1v) is 4.99. The monoisotopic (exact) mass is 219 g/mol. The van der Waals surface area contributed by atoms with Crippen LogP contribution in [0.25, 0.3) is 5.69 Å². The Labute approximate surface area is 93.1 Å². The number of aldehydes is 1. The van der Waals surface area contributed by atoms with Crippen molar-refractivity contribution in [3.63, 3.8) is 0 Å². The van der Waals surface area contributed by atoms with E-state index < -0.39 is 0 Å². The van der Waals surface area contributed by atoms with Crippen LogP contribution in [0, 0.1) is 6.92 Å². The molecule has 0 saturated carbocycles. The van der Waals surface area contributed by atoms with E-state index in [-0.39, 0.29) is 0 Å². The van der Waals surface area contributed by atoms with E-state index in [0.717, 1.165) is 17.7 Å². The van der Waals surface area contributed by atoms with Crippen LogP contribution in [0.3, 0.4) is 0 Å². The molecule has 0 aliphatic heterocycles. The maximum atomic E-state index is 10.8. The zero-order chi connectivity index (χ0) is 10.8. The van der Waals surface area contributed by atoms with Gasteiger partial charge in [-0.25, -0.2) is 0 Å². The van der Waals surface area contributed by atoms with Gasteiger partial charge in [0.2, 0.25) is 0 Å². The van der Waals surface area contributed by atoms with E-state index >= 15 is 0 Å². The summed E-state index contributed by atoms with van der Waals surface area (Å²) in [6, 6.07) is 11.1. The Morgan fingerprint density at radius 1 is 1.13 bits per heavy atom. The Bertz CT molecular complexity index is 485. The summed E-state index contributed by atoms with van der Waals surface area (Å²) in [6.07, 6.45) is 0.849. The molecule has 0 spiro atoms. The van der Waals surface area contributed by atoms with E-state index in [9.17, 15) is 4.79 Å². The van der Waals surface area contributed by atoms with Crippen LogP contribution in [0.5, 0.6) is 0 Å². The van der Waals surface area contributed by atoms with Gasteiger partial charge < -0.3 is 4.57 Å². The second-order valence-electron chi connectivity index (χ2n) is 3.33. The molecule has 2 rings (SSSR count). The topological polar surface area (TPSA) is 22.0 Å². The van der Waals surface area contributed by atoms with Crippen molar-refractivity contribution in [1.29, 1.82) is 0 Å². The third-order valence-corrected chi connectivity index (χ3v) is 2.56. The van der Waals surface area contributed by atoms with Gasteiger partial charge in [-0.15, -0.1) is 0 Å². The van der Waals surface area contributed by atoms with Gasteiger partial charge in [0.15, 0.2) is 6.29 Å². The molecule has 0 saturated heterocycles. The molecule has 0 radical (unpaired) electrons. The number of hydrogen-bond donors (Lipinski definition) is 0. The average Bonchev–Trinajstić information content (AvgIpc) is 2.61. The molecule has 1 heterocycles. The molecule has 0 unspecified atom stereocenters. The average molecular weight is 220 g/mol. The predicted octanol–water partition coefficient (Wildman–Crippen LogP) is 3.25. The molecule has 0 aliphatic rings. The molecule has 0 atom stereocenters. The number of carbonyl (C=O) groups is 1. The highest BCUT2D eigenvalue weighted by Gasteiger charge is 2.05. The van der Waals surface area contributed by atoms with Gasteiger partial charge in [0.1, 0.15) is 0 Å². The van der Waals surface area contributed by atoms with Crippen LogP contribution < -0.4 is 0 Å². The second-order valence-corrected chi connectivity index (χ2v) is 3.77. The number of nitrogens with zero attached hydrogens (tertiary/aromatic N) is 1. The van der Waals surface area contributed by atoms with Crippen molar-refractivity contribution in [2.45, 2.75) is 6.92 Å². The number of carbonyl (C=O) groups excluding carboxylic acids is 1. The molecule has 0 amide bonds. The Morgan fingerprint density at radius 2 is 1.80 bits per heavy atom. The third kappa shape index (κ3) is 1.81. The SMILES string of the molecule is Cc1ccc(C=O)n1-c1ccc(Cl)cc1. The molecule has 1 aromatic heterocycles. The molecule has 0 bridgehead atoms. The van der Waals surface area contributed by atoms with Gasteiger partial charge in [-0.1, -0.05) is 11.6 Å². The highest BCUT2D eigenvalue weighted by molar-refractivity contribution is 6.30. The van der Waals surface area contributed by atoms with Crippen molar-refractivity contribution < 1.29 is 4.79 Å². The summed E-state index contributed by atoms with van der Waals surface area (Å²) in [5, 5.41) is 0.691. The third-order valence-electron chi connectivity index (χ3n) is 2.31. The van der Waals surface area contributed by atoms with Gasteiger partial charge in [-0.3, -0.25) is 4.79 Å². The first-order valence-electron chi connectivity index (χ1n) is 4.62. The molecule has 76 valence electrons. The van der Waals surface area contributed by atoms with E-state index in [1.165, 1.54) is 0 Å². The van der Waals surface area contributed by atoms with E-state index in [1.807, 2.05) is 41.8 Å². The van der Waals surface area contributed by atoms with Crippen molar-refractivity contribution in [3.8, 4) is 5.69 Å². The van der Waals surface area contributed by atoms with Crippen LogP contribution in [0.15, 0.2) is 36.4 Å². The molecular formula is C12H10ClNO. The van der Waals surface area contributed by atoms with E-state index in [2.05, 4.69) is 0 Å². The maximum Gasteiger partial charge on any atom is 0.166 e. The van der Waals surface area contributed by atoms with Gasteiger partial charge in [0.25, 0.3) is 0 Å². The van der Waals surface area contributed by atoms with Crippen molar-refractivity contribution in [2.24, 2.45) is 0 Å². The standard InChI is InChI=1S/C12H10ClNO/c1-9-2-5-12(8-15)14(9)11-6-3-10(13)4-7-11/h2-8H,1H3. The molecule has 0 aliphatic carbocycles. The number of halogens is 1. The minimum atomic E-state index is 0.648. The van der Waals surface area contributed by atoms with Crippen molar-refractivity contribution in [2.75, 3.05) is 0 Å². The largest absolute Gasteiger partial charge is 0.311 e. The number of benzene rings is 1. The number of hydrogen-bond acceptors (Lipinski definition) is 1. The minimum Gasteiger partial charge on any atom is -0.311 e. The van der Waals surface area contributed by atoms with E-state index in [1.54, 1.807) is 6.07 Å². The summed E-state index contributed by atoms with van der Waals surface area (Å²) in [4.78, 5) is 10.8. The summed E-state index contributed by atoms with van der Waals surface area (Å²) in [7, 11) is 0. The summed E-state index contributed by atoms with van der Waals surface area (Å²) in [5.41, 5.74) is 2.62. The lowest BCUT2D eigenvalue weighted by atomic mass is 10.3. The maximum absolute atomic E-state index is 10.8. The second kappa shape index (κ2) is 3.91. The lowest BCUT2D eigenvalue weighted by Crippen LogP contribution is -2.00. The Hall–Kier alpha value is -1.54. The fraction of sp³-hybridized carbons (Fsp3) is 0.0833. The normalized spacial score (nSPS) is 10.3. The fourth-order valence-corrected chi connectivity index (χ4v) is 1.72. The van der Waals surface area contributed by atoms with Crippen LogP contribution in [-0.4, -0.2) is 10.9 Å². The van der Waals surface area contributed by atoms with Crippen LogP contribution in [0.1, 0.15) is 16.2 Å². The van der Waals surface area contributed by atoms with E-state index in [0.29, 0.717) is 10.7 Å². The van der Waals surface area contributed by atoms with Crippen LogP contribution in [0.2, 0.25) is 5.02 Å². The van der Waals surface area contributed by atoms with Crippen LogP contribution in [-0.2, 0) is 0 Å². The zero-order valence-electron chi connectivity index (χ0n) is 8.27. The van der Waals surface area contributed by atoms with Crippen LogP contribution in [0.4, 0.5) is 0 Å². The molecule has 0 N–H and O–H groups in total. The smallest absolute Gasteiger partial charge is 0.166 e. The summed E-state index contributed by atoms with van der Waals surface area (Å²) < 4.78 is 1.89. The van der Waals surface area contributed by atoms with Crippen LogP contribution >= 0.6 is 11.6 Å². The molecule has 0 fully saturated rings. The Morgan fingerprint density at radius 3 is 2.40 bits per heavy atom. The van der Waals surface area contributed by atoms with Gasteiger partial charge in [0.05, 0.1) is 5.69 Å². The summed E-state index contributed by atoms with van der Waals surface area (Å²) in [5.74, 6) is 0. The Kier molecular flexibility index (Phi) is 2.60. The van der Waals surface area contributed by atoms with Gasteiger partial charge in [-0.05, 0) is 43.3 Å². The quantitative estimate of drug-likeness (QED) is 0.711. The van der Waals surface area contributed by atoms with Crippen molar-refractivity contribution in [1.82, 2.24) is 4.57 Å². The zero-order valence-corrected chi connectivity index (χ0v) is 9.03. The number of rotatable bonds is 2. The highest BCUT2D eigenvalue weighted by atomic mass is 35.5. The van der Waals surface area contributed by atoms with Gasteiger partial charge in [-0.2, -0.15) is 0 Å². The lowest BCUT2D eigenvalue weighted by molar-refractivity contribution is 0.111. The molecular weight excluding hydrogens is 210 g/mol. The highest BCUT2D eigenvalue weighted by Crippen LogP contribution is 2.18. The summed E-state index contributed by atoms with van der Waals surface area (Å²) >= 11 is 5.81. The minimum absolute atomic E-state index is 0.648.